The summed E-state index contributed by atoms with van der Waals surface area (Å²) in [5.41, 5.74) is 0.697. The molecule has 0 bridgehead atoms. The van der Waals surface area contributed by atoms with Crippen molar-refractivity contribution in [1.82, 2.24) is 9.88 Å². The van der Waals surface area contributed by atoms with Gasteiger partial charge in [0.15, 0.2) is 0 Å². The van der Waals surface area contributed by atoms with Crippen LogP contribution in [-0.4, -0.2) is 27.8 Å². The summed E-state index contributed by atoms with van der Waals surface area (Å²) in [6.45, 7) is 0.374. The molecule has 108 valence electrons. The molecule has 0 saturated carbocycles. The molecule has 21 heavy (non-hydrogen) atoms. The molecular formula is C14H12ClN3O3. The molecule has 0 aliphatic rings. The van der Waals surface area contributed by atoms with Crippen LogP contribution in [0.1, 0.15) is 15.9 Å². The molecule has 2 aromatic rings. The number of aromatic nitrogens is 1. The molecule has 0 radical (unpaired) electrons. The van der Waals surface area contributed by atoms with Crippen molar-refractivity contribution in [2.24, 2.45) is 0 Å². The van der Waals surface area contributed by atoms with Crippen LogP contribution in [0.5, 0.6) is 0 Å². The van der Waals surface area contributed by atoms with E-state index >= 15 is 0 Å². The lowest BCUT2D eigenvalue weighted by atomic mass is 10.2. The molecule has 6 nitrogen and oxygen atoms in total. The maximum Gasteiger partial charge on any atom is 0.288 e. The summed E-state index contributed by atoms with van der Waals surface area (Å²) in [7, 11) is 1.60. The molecule has 0 aliphatic heterocycles. The van der Waals surface area contributed by atoms with Gasteiger partial charge in [0.1, 0.15) is 11.3 Å². The number of carbonyl (C=O) groups is 1. The second-order valence-electron chi connectivity index (χ2n) is 4.44. The molecule has 0 fully saturated rings. The van der Waals surface area contributed by atoms with Gasteiger partial charge in [0.2, 0.25) is 0 Å². The number of carbonyl (C=O) groups excluding carboxylic acids is 1. The van der Waals surface area contributed by atoms with Crippen LogP contribution in [0.15, 0.2) is 42.6 Å². The zero-order chi connectivity index (χ0) is 15.4. The highest BCUT2D eigenvalue weighted by molar-refractivity contribution is 6.32. The predicted molar refractivity (Wildman–Crippen MR) is 78.1 cm³/mol. The first-order chi connectivity index (χ1) is 9.99. The van der Waals surface area contributed by atoms with Gasteiger partial charge in [-0.3, -0.25) is 14.9 Å². The molecule has 1 aromatic heterocycles. The smallest absolute Gasteiger partial charge is 0.288 e. The van der Waals surface area contributed by atoms with Gasteiger partial charge in [-0.25, -0.2) is 4.98 Å². The van der Waals surface area contributed by atoms with Crippen LogP contribution < -0.4 is 0 Å². The van der Waals surface area contributed by atoms with E-state index in [0.717, 1.165) is 17.8 Å². The fourth-order valence-electron chi connectivity index (χ4n) is 1.82. The Kier molecular flexibility index (Phi) is 4.49. The summed E-state index contributed by atoms with van der Waals surface area (Å²) in [4.78, 5) is 27.6. The Balaban J connectivity index is 2.23. The quantitative estimate of drug-likeness (QED) is 0.494. The first-order valence-corrected chi connectivity index (χ1v) is 6.46. The van der Waals surface area contributed by atoms with E-state index in [4.69, 9.17) is 11.6 Å². The topological polar surface area (TPSA) is 76.3 Å². The molecular weight excluding hydrogens is 294 g/mol. The highest BCUT2D eigenvalue weighted by Crippen LogP contribution is 2.21. The van der Waals surface area contributed by atoms with E-state index in [1.165, 1.54) is 4.90 Å². The van der Waals surface area contributed by atoms with Crippen molar-refractivity contribution in [3.8, 4) is 0 Å². The Morgan fingerprint density at radius 3 is 2.67 bits per heavy atom. The number of halogens is 1. The zero-order valence-electron chi connectivity index (χ0n) is 11.2. The van der Waals surface area contributed by atoms with Crippen LogP contribution in [0.25, 0.3) is 0 Å². The number of hydrogen-bond acceptors (Lipinski definition) is 4. The first-order valence-electron chi connectivity index (χ1n) is 6.08. The minimum Gasteiger partial charge on any atom is -0.337 e. The van der Waals surface area contributed by atoms with Crippen molar-refractivity contribution in [2.75, 3.05) is 7.05 Å². The van der Waals surface area contributed by atoms with Crippen molar-refractivity contribution in [2.45, 2.75) is 6.54 Å². The lowest BCUT2D eigenvalue weighted by Gasteiger charge is -2.17. The molecule has 7 heteroatoms. The second-order valence-corrected chi connectivity index (χ2v) is 4.79. The molecule has 0 atom stereocenters. The van der Waals surface area contributed by atoms with Crippen molar-refractivity contribution in [3.63, 3.8) is 0 Å². The third-order valence-corrected chi connectivity index (χ3v) is 3.18. The lowest BCUT2D eigenvalue weighted by molar-refractivity contribution is -0.385. The van der Waals surface area contributed by atoms with Gasteiger partial charge in [0, 0.05) is 19.7 Å². The molecule has 0 saturated heterocycles. The maximum atomic E-state index is 12.3. The average molecular weight is 306 g/mol. The number of hydrogen-bond donors (Lipinski definition) is 0. The third kappa shape index (κ3) is 3.55. The molecule has 0 unspecified atom stereocenters. The Morgan fingerprint density at radius 2 is 2.05 bits per heavy atom. The first kappa shape index (κ1) is 14.9. The minimum absolute atomic E-state index is 0.0179. The number of benzene rings is 1. The Hall–Kier alpha value is -2.47. The summed E-state index contributed by atoms with van der Waals surface area (Å²) in [6, 6.07) is 10.5. The van der Waals surface area contributed by atoms with E-state index in [-0.39, 0.29) is 16.4 Å². The average Bonchev–Trinajstić information content (AvgIpc) is 2.47. The third-order valence-electron chi connectivity index (χ3n) is 2.88. The summed E-state index contributed by atoms with van der Waals surface area (Å²) in [5, 5.41) is 10.7. The molecule has 1 aromatic carbocycles. The van der Waals surface area contributed by atoms with Gasteiger partial charge in [-0.05, 0) is 5.56 Å². The number of amides is 1. The van der Waals surface area contributed by atoms with Crippen LogP contribution in [-0.2, 0) is 6.54 Å². The van der Waals surface area contributed by atoms with Crippen LogP contribution >= 0.6 is 11.6 Å². The van der Waals surface area contributed by atoms with E-state index in [0.29, 0.717) is 6.54 Å². The van der Waals surface area contributed by atoms with E-state index in [1.54, 1.807) is 7.05 Å². The van der Waals surface area contributed by atoms with Crippen LogP contribution in [0, 0.1) is 10.1 Å². The van der Waals surface area contributed by atoms with Gasteiger partial charge in [-0.2, -0.15) is 0 Å². The molecule has 2 rings (SSSR count). The predicted octanol–water partition coefficient (Wildman–Crippen LogP) is 2.92. The molecule has 1 heterocycles. The van der Waals surface area contributed by atoms with Crippen LogP contribution in [0.2, 0.25) is 5.15 Å². The number of rotatable bonds is 4. The summed E-state index contributed by atoms with van der Waals surface area (Å²) >= 11 is 5.86. The van der Waals surface area contributed by atoms with Crippen molar-refractivity contribution in [3.05, 3.63) is 69.0 Å². The van der Waals surface area contributed by atoms with Crippen LogP contribution in [0.3, 0.4) is 0 Å². The van der Waals surface area contributed by atoms with Crippen molar-refractivity contribution in [1.29, 1.82) is 0 Å². The number of nitrogens with zero attached hydrogens (tertiary/aromatic N) is 3. The SMILES string of the molecule is CN(Cc1ccccc1)C(=O)c1cc([N+](=O)[O-])cnc1Cl. The monoisotopic (exact) mass is 305 g/mol. The summed E-state index contributed by atoms with van der Waals surface area (Å²) in [5.74, 6) is -0.417. The fraction of sp³-hybridized carbons (Fsp3) is 0.143. The van der Waals surface area contributed by atoms with E-state index in [1.807, 2.05) is 30.3 Å². The van der Waals surface area contributed by atoms with E-state index in [9.17, 15) is 14.9 Å². The largest absolute Gasteiger partial charge is 0.337 e. The van der Waals surface area contributed by atoms with Gasteiger partial charge < -0.3 is 4.90 Å². The van der Waals surface area contributed by atoms with E-state index in [2.05, 4.69) is 4.98 Å². The number of pyridine rings is 1. The van der Waals surface area contributed by atoms with Gasteiger partial charge in [0.25, 0.3) is 11.6 Å². The van der Waals surface area contributed by atoms with Gasteiger partial charge in [0.05, 0.1) is 10.5 Å². The van der Waals surface area contributed by atoms with Gasteiger partial charge in [-0.15, -0.1) is 0 Å². The van der Waals surface area contributed by atoms with Crippen LogP contribution in [0.4, 0.5) is 5.69 Å². The minimum atomic E-state index is -0.614. The molecule has 0 aliphatic carbocycles. The van der Waals surface area contributed by atoms with Crippen molar-refractivity contribution < 1.29 is 9.72 Å². The van der Waals surface area contributed by atoms with Gasteiger partial charge in [-0.1, -0.05) is 41.9 Å². The Bertz CT molecular complexity index is 676. The van der Waals surface area contributed by atoms with E-state index < -0.39 is 10.8 Å². The highest BCUT2D eigenvalue weighted by atomic mass is 35.5. The van der Waals surface area contributed by atoms with Gasteiger partial charge >= 0.3 is 0 Å². The molecule has 0 spiro atoms. The normalized spacial score (nSPS) is 10.2. The lowest BCUT2D eigenvalue weighted by Crippen LogP contribution is -2.26. The standard InChI is InChI=1S/C14H12ClN3O3/c1-17(9-10-5-3-2-4-6-10)14(19)12-7-11(18(20)21)8-16-13(12)15/h2-8H,9H2,1H3. The Labute approximate surface area is 126 Å². The fourth-order valence-corrected chi connectivity index (χ4v) is 2.01. The summed E-state index contributed by atoms with van der Waals surface area (Å²) < 4.78 is 0. The summed E-state index contributed by atoms with van der Waals surface area (Å²) in [6.07, 6.45) is 1.02. The molecule has 0 N–H and O–H groups in total. The zero-order valence-corrected chi connectivity index (χ0v) is 11.9. The Morgan fingerprint density at radius 1 is 1.38 bits per heavy atom. The maximum absolute atomic E-state index is 12.3. The molecule has 1 amide bonds. The second kappa shape index (κ2) is 6.32. The number of nitro groups is 1. The highest BCUT2D eigenvalue weighted by Gasteiger charge is 2.20. The van der Waals surface area contributed by atoms with Crippen molar-refractivity contribution >= 4 is 23.2 Å².